The van der Waals surface area contributed by atoms with Gasteiger partial charge < -0.3 is 15.5 Å². The maximum Gasteiger partial charge on any atom is 0.226 e. The zero-order valence-corrected chi connectivity index (χ0v) is 13.4. The van der Waals surface area contributed by atoms with Crippen LogP contribution >= 0.6 is 0 Å². The van der Waals surface area contributed by atoms with Gasteiger partial charge in [-0.3, -0.25) is 4.79 Å². The van der Waals surface area contributed by atoms with E-state index >= 15 is 0 Å². The fourth-order valence-electron chi connectivity index (χ4n) is 3.57. The fraction of sp³-hybridized carbons (Fsp3) is 0.938. The first-order valence-electron chi connectivity index (χ1n) is 8.30. The molecule has 4 heteroatoms. The van der Waals surface area contributed by atoms with E-state index in [9.17, 15) is 4.79 Å². The lowest BCUT2D eigenvalue weighted by atomic mass is 9.76. The largest absolute Gasteiger partial charge is 0.355 e. The van der Waals surface area contributed by atoms with Crippen molar-refractivity contribution in [2.45, 2.75) is 52.5 Å². The summed E-state index contributed by atoms with van der Waals surface area (Å²) < 4.78 is 0. The molecule has 2 aliphatic heterocycles. The molecule has 20 heavy (non-hydrogen) atoms. The third kappa shape index (κ3) is 3.53. The van der Waals surface area contributed by atoms with Crippen LogP contribution in [-0.2, 0) is 4.79 Å². The number of nitrogens with one attached hydrogen (secondary N) is 2. The first-order chi connectivity index (χ1) is 9.57. The third-order valence-corrected chi connectivity index (χ3v) is 5.32. The molecule has 2 saturated heterocycles. The van der Waals surface area contributed by atoms with Crippen LogP contribution in [0.4, 0.5) is 0 Å². The molecule has 1 atom stereocenters. The SMILES string of the molecule is CCC1(C(=O)NCC2CCN(C(C)C)C2)CCNCC1. The Morgan fingerprint density at radius 2 is 2.10 bits per heavy atom. The predicted octanol–water partition coefficient (Wildman–Crippen LogP) is 1.61. The number of rotatable bonds is 5. The topological polar surface area (TPSA) is 44.4 Å². The lowest BCUT2D eigenvalue weighted by molar-refractivity contribution is -0.133. The third-order valence-electron chi connectivity index (χ3n) is 5.32. The fourth-order valence-corrected chi connectivity index (χ4v) is 3.57. The molecule has 2 N–H and O–H groups in total. The van der Waals surface area contributed by atoms with Crippen LogP contribution < -0.4 is 10.6 Å². The first-order valence-corrected chi connectivity index (χ1v) is 8.30. The quantitative estimate of drug-likeness (QED) is 0.805. The molecule has 0 radical (unpaired) electrons. The van der Waals surface area contributed by atoms with Crippen LogP contribution in [0.3, 0.4) is 0 Å². The van der Waals surface area contributed by atoms with Crippen molar-refractivity contribution in [2.24, 2.45) is 11.3 Å². The molecule has 0 aromatic heterocycles. The molecule has 0 aromatic rings. The highest BCUT2D eigenvalue weighted by atomic mass is 16.2. The normalized spacial score (nSPS) is 26.9. The van der Waals surface area contributed by atoms with Gasteiger partial charge in [-0.2, -0.15) is 0 Å². The van der Waals surface area contributed by atoms with E-state index < -0.39 is 0 Å². The molecule has 1 unspecified atom stereocenters. The molecule has 116 valence electrons. The van der Waals surface area contributed by atoms with Gasteiger partial charge in [0.2, 0.25) is 5.91 Å². The van der Waals surface area contributed by atoms with Crippen molar-refractivity contribution in [3.8, 4) is 0 Å². The van der Waals surface area contributed by atoms with E-state index in [0.29, 0.717) is 17.9 Å². The number of amides is 1. The Morgan fingerprint density at radius 1 is 1.40 bits per heavy atom. The molecule has 0 aromatic carbocycles. The van der Waals surface area contributed by atoms with E-state index in [2.05, 4.69) is 36.3 Å². The monoisotopic (exact) mass is 281 g/mol. The number of carbonyl (C=O) groups excluding carboxylic acids is 1. The number of hydrogen-bond acceptors (Lipinski definition) is 3. The van der Waals surface area contributed by atoms with Gasteiger partial charge in [-0.05, 0) is 65.1 Å². The standard InChI is InChI=1S/C16H31N3O/c1-4-16(6-8-17-9-7-16)15(20)18-11-14-5-10-19(12-14)13(2)3/h13-14,17H,4-12H2,1-3H3,(H,18,20). The number of nitrogens with zero attached hydrogens (tertiary/aromatic N) is 1. The van der Waals surface area contributed by atoms with Crippen LogP contribution in [0.15, 0.2) is 0 Å². The second kappa shape index (κ2) is 6.90. The van der Waals surface area contributed by atoms with Crippen molar-refractivity contribution in [1.29, 1.82) is 0 Å². The number of piperidine rings is 1. The summed E-state index contributed by atoms with van der Waals surface area (Å²) in [6.07, 6.45) is 4.15. The second-order valence-corrected chi connectivity index (χ2v) is 6.84. The van der Waals surface area contributed by atoms with Gasteiger partial charge in [-0.15, -0.1) is 0 Å². The van der Waals surface area contributed by atoms with Gasteiger partial charge in [-0.25, -0.2) is 0 Å². The van der Waals surface area contributed by atoms with Gasteiger partial charge in [0.05, 0.1) is 5.41 Å². The average Bonchev–Trinajstić information content (AvgIpc) is 2.94. The van der Waals surface area contributed by atoms with Crippen molar-refractivity contribution in [3.63, 3.8) is 0 Å². The Morgan fingerprint density at radius 3 is 2.65 bits per heavy atom. The zero-order valence-electron chi connectivity index (χ0n) is 13.4. The van der Waals surface area contributed by atoms with E-state index in [4.69, 9.17) is 0 Å². The summed E-state index contributed by atoms with van der Waals surface area (Å²) in [5.74, 6) is 0.932. The minimum atomic E-state index is -0.110. The zero-order chi connectivity index (χ0) is 14.6. The van der Waals surface area contributed by atoms with E-state index in [1.54, 1.807) is 0 Å². The lowest BCUT2D eigenvalue weighted by Crippen LogP contribution is -2.48. The van der Waals surface area contributed by atoms with Gasteiger partial charge in [0.1, 0.15) is 0 Å². The molecule has 2 fully saturated rings. The van der Waals surface area contributed by atoms with Crippen molar-refractivity contribution < 1.29 is 4.79 Å². The predicted molar refractivity (Wildman–Crippen MR) is 82.7 cm³/mol. The number of hydrogen-bond donors (Lipinski definition) is 2. The Kier molecular flexibility index (Phi) is 5.44. The second-order valence-electron chi connectivity index (χ2n) is 6.84. The summed E-state index contributed by atoms with van der Waals surface area (Å²) in [7, 11) is 0. The van der Waals surface area contributed by atoms with Crippen LogP contribution in [-0.4, -0.2) is 49.6 Å². The summed E-state index contributed by atoms with van der Waals surface area (Å²) in [4.78, 5) is 15.1. The minimum absolute atomic E-state index is 0.110. The number of carbonyl (C=O) groups is 1. The van der Waals surface area contributed by atoms with Gasteiger partial charge in [-0.1, -0.05) is 6.92 Å². The molecule has 2 rings (SSSR count). The lowest BCUT2D eigenvalue weighted by Gasteiger charge is -2.35. The van der Waals surface area contributed by atoms with E-state index in [-0.39, 0.29) is 5.41 Å². The van der Waals surface area contributed by atoms with Gasteiger partial charge in [0, 0.05) is 19.1 Å². The summed E-state index contributed by atoms with van der Waals surface area (Å²) >= 11 is 0. The van der Waals surface area contributed by atoms with Gasteiger partial charge in [0.15, 0.2) is 0 Å². The van der Waals surface area contributed by atoms with E-state index in [1.807, 2.05) is 0 Å². The summed E-state index contributed by atoms with van der Waals surface area (Å²) in [6.45, 7) is 11.8. The molecule has 1 amide bonds. The highest BCUT2D eigenvalue weighted by Crippen LogP contribution is 2.32. The van der Waals surface area contributed by atoms with Gasteiger partial charge in [0.25, 0.3) is 0 Å². The van der Waals surface area contributed by atoms with Crippen molar-refractivity contribution >= 4 is 5.91 Å². The van der Waals surface area contributed by atoms with Crippen molar-refractivity contribution in [2.75, 3.05) is 32.7 Å². The maximum absolute atomic E-state index is 12.6. The molecule has 0 aliphatic carbocycles. The van der Waals surface area contributed by atoms with Crippen LogP contribution in [0, 0.1) is 11.3 Å². The molecule has 0 saturated carbocycles. The van der Waals surface area contributed by atoms with Crippen LogP contribution in [0.1, 0.15) is 46.5 Å². The summed E-state index contributed by atoms with van der Waals surface area (Å²) in [5, 5.41) is 6.61. The van der Waals surface area contributed by atoms with E-state index in [0.717, 1.165) is 45.4 Å². The smallest absolute Gasteiger partial charge is 0.226 e. The average molecular weight is 281 g/mol. The van der Waals surface area contributed by atoms with Crippen molar-refractivity contribution in [3.05, 3.63) is 0 Å². The summed E-state index contributed by atoms with van der Waals surface area (Å²) in [5.41, 5.74) is -0.110. The molecule has 2 aliphatic rings. The Hall–Kier alpha value is -0.610. The Labute approximate surface area is 123 Å². The molecule has 2 heterocycles. The Bertz CT molecular complexity index is 324. The highest BCUT2D eigenvalue weighted by Gasteiger charge is 2.38. The Balaban J connectivity index is 1.80. The molecular weight excluding hydrogens is 250 g/mol. The van der Waals surface area contributed by atoms with Crippen molar-refractivity contribution in [1.82, 2.24) is 15.5 Å². The number of likely N-dealkylation sites (tertiary alicyclic amines) is 1. The maximum atomic E-state index is 12.6. The molecule has 0 spiro atoms. The molecular formula is C16H31N3O. The van der Waals surface area contributed by atoms with Crippen LogP contribution in [0.25, 0.3) is 0 Å². The van der Waals surface area contributed by atoms with E-state index in [1.165, 1.54) is 13.0 Å². The highest BCUT2D eigenvalue weighted by molar-refractivity contribution is 5.82. The minimum Gasteiger partial charge on any atom is -0.355 e. The van der Waals surface area contributed by atoms with Gasteiger partial charge >= 0.3 is 0 Å². The molecule has 0 bridgehead atoms. The molecule has 4 nitrogen and oxygen atoms in total. The summed E-state index contributed by atoms with van der Waals surface area (Å²) in [6, 6.07) is 0.627. The van der Waals surface area contributed by atoms with Crippen LogP contribution in [0.2, 0.25) is 0 Å². The first kappa shape index (κ1) is 15.8. The van der Waals surface area contributed by atoms with Crippen LogP contribution in [0.5, 0.6) is 0 Å².